The molecule has 0 saturated carbocycles. The van der Waals surface area contributed by atoms with Gasteiger partial charge in [-0.2, -0.15) is 4.58 Å². The molecule has 3 aromatic rings. The van der Waals surface area contributed by atoms with Crippen LogP contribution in [0.3, 0.4) is 0 Å². The summed E-state index contributed by atoms with van der Waals surface area (Å²) in [5, 5.41) is 2.39. The summed E-state index contributed by atoms with van der Waals surface area (Å²) >= 11 is 0. The molecule has 0 fully saturated rings. The number of benzene rings is 2. The molecule has 0 bridgehead atoms. The number of rotatable bonds is 4. The van der Waals surface area contributed by atoms with Crippen LogP contribution in [0.2, 0.25) is 0 Å². The normalized spacial score (nSPS) is 15.7. The molecule has 138 valence electrons. The smallest absolute Gasteiger partial charge is 0.209 e. The SMILES string of the molecule is CCn1c(C=CC2=[N+](C)c3ccccc3C2(C)C)c2ccccc2c1OC. The van der Waals surface area contributed by atoms with Crippen LogP contribution in [0.5, 0.6) is 5.88 Å². The Bertz CT molecular complexity index is 1080. The van der Waals surface area contributed by atoms with Crippen molar-refractivity contribution >= 4 is 28.2 Å². The van der Waals surface area contributed by atoms with Crippen LogP contribution < -0.4 is 4.74 Å². The zero-order valence-corrected chi connectivity index (χ0v) is 16.8. The number of hydrogen-bond acceptors (Lipinski definition) is 1. The minimum absolute atomic E-state index is 0.0224. The maximum atomic E-state index is 5.73. The van der Waals surface area contributed by atoms with Gasteiger partial charge in [-0.3, -0.25) is 0 Å². The van der Waals surface area contributed by atoms with Crippen LogP contribution in [0.4, 0.5) is 5.69 Å². The lowest BCUT2D eigenvalue weighted by atomic mass is 9.81. The summed E-state index contributed by atoms with van der Waals surface area (Å²) < 4.78 is 10.3. The standard InChI is InChI=1S/C24H27N2O/c1-6-26-20(17-11-7-8-12-18(17)23(26)27-5)15-16-22-24(2,3)19-13-9-10-14-21(19)25(22)4/h7-16H,6H2,1-5H3/q+1. The van der Waals surface area contributed by atoms with Gasteiger partial charge in [-0.05, 0) is 32.9 Å². The lowest BCUT2D eigenvalue weighted by molar-refractivity contribution is -0.401. The van der Waals surface area contributed by atoms with Crippen molar-refractivity contribution in [3.63, 3.8) is 0 Å². The maximum absolute atomic E-state index is 5.73. The molecule has 0 atom stereocenters. The Morgan fingerprint density at radius 3 is 2.33 bits per heavy atom. The molecule has 1 aliphatic rings. The van der Waals surface area contributed by atoms with E-state index in [0.717, 1.165) is 17.8 Å². The number of aromatic nitrogens is 1. The summed E-state index contributed by atoms with van der Waals surface area (Å²) in [5.41, 5.74) is 5.13. The van der Waals surface area contributed by atoms with Crippen molar-refractivity contribution in [3.8, 4) is 5.88 Å². The molecular weight excluding hydrogens is 332 g/mol. The molecule has 3 nitrogen and oxygen atoms in total. The average Bonchev–Trinajstić information content (AvgIpc) is 3.09. The number of methoxy groups -OCH3 is 1. The molecule has 0 amide bonds. The van der Waals surface area contributed by atoms with Crippen LogP contribution in [0.1, 0.15) is 32.0 Å². The summed E-state index contributed by atoms with van der Waals surface area (Å²) in [6, 6.07) is 17.1. The third-order valence-electron chi connectivity index (χ3n) is 5.82. The lowest BCUT2D eigenvalue weighted by Crippen LogP contribution is -2.26. The van der Waals surface area contributed by atoms with Gasteiger partial charge in [0.25, 0.3) is 0 Å². The molecule has 1 aromatic heterocycles. The van der Waals surface area contributed by atoms with Crippen molar-refractivity contribution in [2.75, 3.05) is 14.2 Å². The fraction of sp³-hybridized carbons (Fsp3) is 0.292. The van der Waals surface area contributed by atoms with E-state index in [1.54, 1.807) is 7.11 Å². The summed E-state index contributed by atoms with van der Waals surface area (Å²) in [6.07, 6.45) is 4.52. The van der Waals surface area contributed by atoms with E-state index in [0.29, 0.717) is 0 Å². The predicted octanol–water partition coefficient (Wildman–Crippen LogP) is 5.39. The van der Waals surface area contributed by atoms with Crippen LogP contribution in [-0.2, 0) is 12.0 Å². The number of para-hydroxylation sites is 1. The van der Waals surface area contributed by atoms with Gasteiger partial charge in [0, 0.05) is 35.0 Å². The molecule has 0 radical (unpaired) electrons. The molecule has 3 heteroatoms. The number of nitrogens with zero attached hydrogens (tertiary/aromatic N) is 2. The van der Waals surface area contributed by atoms with E-state index in [2.05, 4.69) is 97.6 Å². The van der Waals surface area contributed by atoms with E-state index in [4.69, 9.17) is 4.74 Å². The van der Waals surface area contributed by atoms with Crippen LogP contribution >= 0.6 is 0 Å². The van der Waals surface area contributed by atoms with Gasteiger partial charge in [-0.15, -0.1) is 0 Å². The number of hydrogen-bond donors (Lipinski definition) is 0. The van der Waals surface area contributed by atoms with Crippen molar-refractivity contribution in [2.24, 2.45) is 0 Å². The molecule has 27 heavy (non-hydrogen) atoms. The minimum atomic E-state index is -0.0224. The molecule has 4 rings (SSSR count). The first-order chi connectivity index (χ1) is 13.0. The van der Waals surface area contributed by atoms with Gasteiger partial charge in [0.05, 0.1) is 18.2 Å². The summed E-state index contributed by atoms with van der Waals surface area (Å²) in [4.78, 5) is 0. The van der Waals surface area contributed by atoms with Crippen LogP contribution in [-0.4, -0.2) is 29.0 Å². The quantitative estimate of drug-likeness (QED) is 0.571. The Labute approximate surface area is 161 Å². The van der Waals surface area contributed by atoms with Crippen LogP contribution in [0.15, 0.2) is 54.6 Å². The molecule has 0 unspecified atom stereocenters. The predicted molar refractivity (Wildman–Crippen MR) is 114 cm³/mol. The number of allylic oxidation sites excluding steroid dienone is 1. The van der Waals surface area contributed by atoms with Crippen molar-refractivity contribution in [1.82, 2.24) is 4.57 Å². The van der Waals surface area contributed by atoms with Gasteiger partial charge >= 0.3 is 0 Å². The van der Waals surface area contributed by atoms with E-state index in [9.17, 15) is 0 Å². The van der Waals surface area contributed by atoms with Crippen LogP contribution in [0, 0.1) is 0 Å². The summed E-state index contributed by atoms with van der Waals surface area (Å²) in [5.74, 6) is 0.931. The fourth-order valence-corrected chi connectivity index (χ4v) is 4.47. The second-order valence-corrected chi connectivity index (χ2v) is 7.60. The molecule has 0 saturated heterocycles. The maximum Gasteiger partial charge on any atom is 0.209 e. The number of ether oxygens (including phenoxy) is 1. The zero-order valence-electron chi connectivity index (χ0n) is 16.8. The first kappa shape index (κ1) is 17.6. The molecule has 2 aromatic carbocycles. The Balaban J connectivity index is 1.87. The Morgan fingerprint density at radius 2 is 1.67 bits per heavy atom. The highest BCUT2D eigenvalue weighted by atomic mass is 16.5. The Morgan fingerprint density at radius 1 is 1.00 bits per heavy atom. The summed E-state index contributed by atoms with van der Waals surface area (Å²) in [7, 11) is 3.91. The molecule has 0 aliphatic carbocycles. The molecule has 0 spiro atoms. The van der Waals surface area contributed by atoms with Crippen molar-refractivity contribution in [2.45, 2.75) is 32.7 Å². The van der Waals surface area contributed by atoms with Crippen molar-refractivity contribution < 1.29 is 9.31 Å². The van der Waals surface area contributed by atoms with E-state index >= 15 is 0 Å². The van der Waals surface area contributed by atoms with Gasteiger partial charge in [0.2, 0.25) is 11.6 Å². The zero-order chi connectivity index (χ0) is 19.2. The fourth-order valence-electron chi connectivity index (χ4n) is 4.47. The molecular formula is C24H27N2O+. The lowest BCUT2D eigenvalue weighted by Gasteiger charge is -2.15. The van der Waals surface area contributed by atoms with Gasteiger partial charge in [-0.1, -0.05) is 36.4 Å². The second kappa shape index (κ2) is 6.41. The highest BCUT2D eigenvalue weighted by Gasteiger charge is 2.42. The second-order valence-electron chi connectivity index (χ2n) is 7.60. The molecule has 2 heterocycles. The summed E-state index contributed by atoms with van der Waals surface area (Å²) in [6.45, 7) is 7.62. The largest absolute Gasteiger partial charge is 0.482 e. The number of fused-ring (bicyclic) bond motifs is 2. The molecule has 0 N–H and O–H groups in total. The van der Waals surface area contributed by atoms with Gasteiger partial charge in [-0.25, -0.2) is 0 Å². The highest BCUT2D eigenvalue weighted by Crippen LogP contribution is 2.39. The minimum Gasteiger partial charge on any atom is -0.482 e. The topological polar surface area (TPSA) is 17.2 Å². The van der Waals surface area contributed by atoms with Crippen molar-refractivity contribution in [3.05, 3.63) is 65.9 Å². The third-order valence-corrected chi connectivity index (χ3v) is 5.82. The first-order valence-electron chi connectivity index (χ1n) is 9.54. The third kappa shape index (κ3) is 2.53. The average molecular weight is 359 g/mol. The van der Waals surface area contributed by atoms with Crippen molar-refractivity contribution in [1.29, 1.82) is 0 Å². The van der Waals surface area contributed by atoms with Gasteiger partial charge in [0.15, 0.2) is 5.71 Å². The van der Waals surface area contributed by atoms with Gasteiger partial charge < -0.3 is 9.30 Å². The van der Waals surface area contributed by atoms with Gasteiger partial charge in [0.1, 0.15) is 7.05 Å². The monoisotopic (exact) mass is 359 g/mol. The van der Waals surface area contributed by atoms with E-state index < -0.39 is 0 Å². The highest BCUT2D eigenvalue weighted by molar-refractivity contribution is 6.06. The Hall–Kier alpha value is -2.81. The van der Waals surface area contributed by atoms with E-state index in [-0.39, 0.29) is 5.41 Å². The van der Waals surface area contributed by atoms with E-state index in [1.807, 2.05) is 0 Å². The van der Waals surface area contributed by atoms with E-state index in [1.165, 1.54) is 28.0 Å². The van der Waals surface area contributed by atoms with Crippen LogP contribution in [0.25, 0.3) is 16.8 Å². The molecule has 1 aliphatic heterocycles. The first-order valence-corrected chi connectivity index (χ1v) is 9.54. The Kier molecular flexibility index (Phi) is 4.18.